The van der Waals surface area contributed by atoms with Gasteiger partial charge in [0, 0.05) is 13.1 Å². The van der Waals surface area contributed by atoms with Crippen LogP contribution in [0.2, 0.25) is 0 Å². The van der Waals surface area contributed by atoms with Crippen molar-refractivity contribution < 1.29 is 4.79 Å². The van der Waals surface area contributed by atoms with E-state index in [-0.39, 0.29) is 5.78 Å². The first-order valence-corrected chi connectivity index (χ1v) is 10.6. The van der Waals surface area contributed by atoms with Crippen LogP contribution in [0.1, 0.15) is 76.3 Å². The minimum atomic E-state index is 0.120. The summed E-state index contributed by atoms with van der Waals surface area (Å²) < 4.78 is 0. The second-order valence-electron chi connectivity index (χ2n) is 6.35. The number of ketones is 1. The third kappa shape index (κ3) is 9.14. The van der Waals surface area contributed by atoms with Crippen molar-refractivity contribution in [2.45, 2.75) is 74.9 Å². The van der Waals surface area contributed by atoms with E-state index < -0.39 is 0 Å². The molecule has 0 heterocycles. The van der Waals surface area contributed by atoms with Crippen LogP contribution in [0.25, 0.3) is 6.08 Å². The van der Waals surface area contributed by atoms with E-state index in [4.69, 9.17) is 0 Å². The number of aryl methyl sites for hydroxylation is 2. The lowest BCUT2D eigenvalue weighted by molar-refractivity contribution is -0.113. The molecule has 0 atom stereocenters. The Bertz CT molecular complexity index is 744. The molecule has 0 fully saturated rings. The van der Waals surface area contributed by atoms with Gasteiger partial charge in [-0.2, -0.15) is 0 Å². The predicted molar refractivity (Wildman–Crippen MR) is 125 cm³/mol. The zero-order valence-corrected chi connectivity index (χ0v) is 19.1. The third-order valence-corrected chi connectivity index (χ3v) is 4.32. The van der Waals surface area contributed by atoms with Crippen LogP contribution in [0.15, 0.2) is 48.0 Å². The number of rotatable bonds is 7. The van der Waals surface area contributed by atoms with Crippen molar-refractivity contribution in [3.05, 3.63) is 75.9 Å². The van der Waals surface area contributed by atoms with E-state index in [0.717, 1.165) is 30.6 Å². The molecule has 1 N–H and O–H groups in total. The molecule has 2 nitrogen and oxygen atoms in total. The van der Waals surface area contributed by atoms with Crippen molar-refractivity contribution in [2.75, 3.05) is 0 Å². The van der Waals surface area contributed by atoms with Gasteiger partial charge in [-0.3, -0.25) is 4.79 Å². The van der Waals surface area contributed by atoms with Crippen molar-refractivity contribution in [3.63, 3.8) is 0 Å². The maximum atomic E-state index is 11.4. The highest BCUT2D eigenvalue weighted by Gasteiger charge is 2.02. The highest BCUT2D eigenvalue weighted by atomic mass is 16.1. The molecule has 0 saturated heterocycles. The molecule has 0 aliphatic carbocycles. The Morgan fingerprint density at radius 1 is 0.893 bits per heavy atom. The van der Waals surface area contributed by atoms with Crippen molar-refractivity contribution in [3.8, 4) is 0 Å². The molecular weight excluding hydrogens is 342 g/mol. The molecule has 0 aromatic heterocycles. The molecule has 0 unspecified atom stereocenters. The molecule has 2 aromatic rings. The lowest BCUT2D eigenvalue weighted by atomic mass is 10.0. The van der Waals surface area contributed by atoms with E-state index in [2.05, 4.69) is 61.6 Å². The molecule has 0 aliphatic heterocycles. The summed E-state index contributed by atoms with van der Waals surface area (Å²) in [5, 5.41) is 3.51. The van der Waals surface area contributed by atoms with Crippen LogP contribution >= 0.6 is 0 Å². The predicted octanol–water partition coefficient (Wildman–Crippen LogP) is 6.89. The molecule has 0 amide bonds. The molecule has 2 rings (SSSR count). The van der Waals surface area contributed by atoms with Gasteiger partial charge in [-0.25, -0.2) is 0 Å². The summed E-state index contributed by atoms with van der Waals surface area (Å²) in [5.41, 5.74) is 7.06. The largest absolute Gasteiger partial charge is 0.309 e. The summed E-state index contributed by atoms with van der Waals surface area (Å²) in [5.74, 6) is 0.120. The summed E-state index contributed by atoms with van der Waals surface area (Å²) in [6.45, 7) is 17.5. The van der Waals surface area contributed by atoms with E-state index in [0.29, 0.717) is 0 Å². The fourth-order valence-corrected chi connectivity index (χ4v) is 2.66. The van der Waals surface area contributed by atoms with Crippen LogP contribution in [0, 0.1) is 6.92 Å². The maximum Gasteiger partial charge on any atom is 0.155 e. The Labute approximate surface area is 173 Å². The molecule has 2 heteroatoms. The van der Waals surface area contributed by atoms with Crippen molar-refractivity contribution in [1.29, 1.82) is 0 Å². The summed E-state index contributed by atoms with van der Waals surface area (Å²) in [7, 11) is 0. The number of hydrogen-bond donors (Lipinski definition) is 1. The SMILES string of the molecule is CC.CC.CCc1cccc(CNCc2ccc(/C=C(\C)C(C)=O)c(C)c2)c1. The smallest absolute Gasteiger partial charge is 0.155 e. The molecule has 0 bridgehead atoms. The van der Waals surface area contributed by atoms with Gasteiger partial charge in [-0.05, 0) is 66.7 Å². The average molecular weight is 382 g/mol. The van der Waals surface area contributed by atoms with Crippen LogP contribution in [-0.4, -0.2) is 5.78 Å². The Morgan fingerprint density at radius 3 is 2.00 bits per heavy atom. The van der Waals surface area contributed by atoms with Gasteiger partial charge >= 0.3 is 0 Å². The van der Waals surface area contributed by atoms with E-state index in [1.54, 1.807) is 6.92 Å². The van der Waals surface area contributed by atoms with Gasteiger partial charge in [0.15, 0.2) is 5.78 Å². The normalized spacial score (nSPS) is 10.4. The second-order valence-corrected chi connectivity index (χ2v) is 6.35. The van der Waals surface area contributed by atoms with E-state index >= 15 is 0 Å². The minimum Gasteiger partial charge on any atom is -0.309 e. The van der Waals surface area contributed by atoms with Gasteiger partial charge in [0.2, 0.25) is 0 Å². The molecule has 0 radical (unpaired) electrons. The fraction of sp³-hybridized carbons (Fsp3) is 0.423. The Hall–Kier alpha value is -2.19. The van der Waals surface area contributed by atoms with Crippen LogP contribution in [0.3, 0.4) is 0 Å². The van der Waals surface area contributed by atoms with Gasteiger partial charge in [0.1, 0.15) is 0 Å². The molecule has 154 valence electrons. The highest BCUT2D eigenvalue weighted by molar-refractivity contribution is 5.97. The average Bonchev–Trinajstić information content (AvgIpc) is 2.73. The Morgan fingerprint density at radius 2 is 1.46 bits per heavy atom. The monoisotopic (exact) mass is 381 g/mol. The van der Waals surface area contributed by atoms with E-state index in [1.807, 2.05) is 40.7 Å². The third-order valence-electron chi connectivity index (χ3n) is 4.32. The molecule has 0 aliphatic rings. The molecule has 2 aromatic carbocycles. The lowest BCUT2D eigenvalue weighted by Gasteiger charge is -2.09. The standard InChI is InChI=1S/C22H27NO.2C2H6/c1-5-19-7-6-8-20(13-19)14-23-15-21-9-10-22(17(3)11-21)12-16(2)18(4)24;2*1-2/h6-13,23H,5,14-15H2,1-4H3;2*1-2H3/b16-12+;;. The number of carbonyl (C=O) groups is 1. The quantitative estimate of drug-likeness (QED) is 0.529. The summed E-state index contributed by atoms with van der Waals surface area (Å²) in [6.07, 6.45) is 3.03. The van der Waals surface area contributed by atoms with Gasteiger partial charge in [-0.15, -0.1) is 0 Å². The molecule has 0 spiro atoms. The number of hydrogen-bond acceptors (Lipinski definition) is 2. The summed E-state index contributed by atoms with van der Waals surface area (Å²) in [6, 6.07) is 15.1. The zero-order valence-electron chi connectivity index (χ0n) is 19.1. The number of allylic oxidation sites excluding steroid dienone is 1. The lowest BCUT2D eigenvalue weighted by Crippen LogP contribution is -2.13. The van der Waals surface area contributed by atoms with Gasteiger partial charge in [-0.1, -0.05) is 77.1 Å². The van der Waals surface area contributed by atoms with Gasteiger partial charge in [0.05, 0.1) is 0 Å². The van der Waals surface area contributed by atoms with Gasteiger partial charge in [0.25, 0.3) is 0 Å². The van der Waals surface area contributed by atoms with Crippen LogP contribution in [0.5, 0.6) is 0 Å². The summed E-state index contributed by atoms with van der Waals surface area (Å²) in [4.78, 5) is 11.4. The number of benzene rings is 2. The van der Waals surface area contributed by atoms with Crippen molar-refractivity contribution in [1.82, 2.24) is 5.32 Å². The number of Topliss-reactive ketones (excluding diaryl/α,β-unsaturated/α-hetero) is 1. The molecule has 0 saturated carbocycles. The first-order chi connectivity index (χ1) is 13.5. The maximum absolute atomic E-state index is 11.4. The van der Waals surface area contributed by atoms with Gasteiger partial charge < -0.3 is 5.32 Å². The van der Waals surface area contributed by atoms with Crippen molar-refractivity contribution in [2.24, 2.45) is 0 Å². The fourth-order valence-electron chi connectivity index (χ4n) is 2.66. The van der Waals surface area contributed by atoms with E-state index in [1.165, 1.54) is 22.3 Å². The Balaban J connectivity index is 0.00000171. The second kappa shape index (κ2) is 14.8. The number of carbonyl (C=O) groups excluding carboxylic acids is 1. The van der Waals surface area contributed by atoms with Crippen LogP contribution < -0.4 is 5.32 Å². The minimum absolute atomic E-state index is 0.120. The molecule has 28 heavy (non-hydrogen) atoms. The topological polar surface area (TPSA) is 29.1 Å². The van der Waals surface area contributed by atoms with Crippen LogP contribution in [-0.2, 0) is 24.3 Å². The molecular formula is C26H39NO. The Kier molecular flexibility index (Phi) is 13.7. The summed E-state index contributed by atoms with van der Waals surface area (Å²) >= 11 is 0. The zero-order chi connectivity index (χ0) is 21.5. The van der Waals surface area contributed by atoms with Crippen LogP contribution in [0.4, 0.5) is 0 Å². The van der Waals surface area contributed by atoms with Crippen molar-refractivity contribution >= 4 is 11.9 Å². The van der Waals surface area contributed by atoms with E-state index in [9.17, 15) is 4.79 Å². The first kappa shape index (κ1) is 25.8. The number of nitrogens with one attached hydrogen (secondary N) is 1. The first-order valence-electron chi connectivity index (χ1n) is 10.6. The highest BCUT2D eigenvalue weighted by Crippen LogP contribution is 2.15.